The monoisotopic (exact) mass is 231 g/mol. The summed E-state index contributed by atoms with van der Waals surface area (Å²) < 4.78 is 11.4. The van der Waals surface area contributed by atoms with E-state index < -0.39 is 0 Å². The van der Waals surface area contributed by atoms with Crippen molar-refractivity contribution in [2.45, 2.75) is 13.3 Å². The van der Waals surface area contributed by atoms with Crippen LogP contribution in [0.25, 0.3) is 11.0 Å². The van der Waals surface area contributed by atoms with Gasteiger partial charge in [0.05, 0.1) is 18.3 Å². The molecule has 1 atom stereocenters. The zero-order valence-corrected chi connectivity index (χ0v) is 10.0. The van der Waals surface area contributed by atoms with Gasteiger partial charge in [0, 0.05) is 12.5 Å². The highest BCUT2D eigenvalue weighted by Crippen LogP contribution is 2.30. The smallest absolute Gasteiger partial charge is 0.137 e. The highest BCUT2D eigenvalue weighted by molar-refractivity contribution is 5.87. The van der Waals surface area contributed by atoms with Gasteiger partial charge in [-0.15, -0.1) is 0 Å². The van der Waals surface area contributed by atoms with E-state index in [1.165, 1.54) is 6.42 Å². The number of hydrogen-bond donors (Lipinski definition) is 1. The molecule has 1 fully saturated rings. The second-order valence-electron chi connectivity index (χ2n) is 4.72. The van der Waals surface area contributed by atoms with Crippen molar-refractivity contribution in [3.63, 3.8) is 0 Å². The number of furan rings is 1. The van der Waals surface area contributed by atoms with E-state index in [0.29, 0.717) is 5.92 Å². The third-order valence-electron chi connectivity index (χ3n) is 3.38. The highest BCUT2D eigenvalue weighted by atomic mass is 16.5. The van der Waals surface area contributed by atoms with E-state index in [1.54, 1.807) is 6.26 Å². The summed E-state index contributed by atoms with van der Waals surface area (Å²) >= 11 is 0. The van der Waals surface area contributed by atoms with Crippen molar-refractivity contribution >= 4 is 11.0 Å². The molecule has 90 valence electrons. The minimum atomic E-state index is 0.637. The molecule has 17 heavy (non-hydrogen) atoms. The Morgan fingerprint density at radius 1 is 1.47 bits per heavy atom. The van der Waals surface area contributed by atoms with E-state index >= 15 is 0 Å². The van der Waals surface area contributed by atoms with E-state index in [9.17, 15) is 0 Å². The molecule has 1 aromatic heterocycles. The first kappa shape index (κ1) is 10.7. The minimum absolute atomic E-state index is 0.637. The zero-order chi connectivity index (χ0) is 11.7. The van der Waals surface area contributed by atoms with Crippen LogP contribution in [0.1, 0.15) is 12.0 Å². The van der Waals surface area contributed by atoms with Crippen LogP contribution in [0.3, 0.4) is 0 Å². The van der Waals surface area contributed by atoms with Gasteiger partial charge in [0.15, 0.2) is 0 Å². The van der Waals surface area contributed by atoms with Crippen molar-refractivity contribution < 1.29 is 9.15 Å². The second-order valence-corrected chi connectivity index (χ2v) is 4.72. The minimum Gasteiger partial charge on any atom is -0.492 e. The summed E-state index contributed by atoms with van der Waals surface area (Å²) in [6, 6.07) is 5.98. The van der Waals surface area contributed by atoms with E-state index in [1.807, 2.05) is 18.2 Å². The number of fused-ring (bicyclic) bond motifs is 1. The van der Waals surface area contributed by atoms with Crippen molar-refractivity contribution in [2.75, 3.05) is 19.7 Å². The third-order valence-corrected chi connectivity index (χ3v) is 3.38. The lowest BCUT2D eigenvalue weighted by Crippen LogP contribution is -2.15. The molecule has 1 aliphatic rings. The molecule has 1 saturated heterocycles. The van der Waals surface area contributed by atoms with E-state index in [2.05, 4.69) is 12.2 Å². The average molecular weight is 231 g/mol. The standard InChI is InChI=1S/C14H17NO2/c1-10-8-16-12-3-2-4-13(14(10)12)17-9-11-5-6-15-7-11/h2-4,8,11,15H,5-7,9H2,1H3. The van der Waals surface area contributed by atoms with Gasteiger partial charge in [-0.1, -0.05) is 6.07 Å². The maximum atomic E-state index is 5.94. The molecule has 0 aliphatic carbocycles. The molecule has 0 bridgehead atoms. The van der Waals surface area contributed by atoms with Gasteiger partial charge < -0.3 is 14.5 Å². The van der Waals surface area contributed by atoms with Gasteiger partial charge >= 0.3 is 0 Å². The maximum Gasteiger partial charge on any atom is 0.137 e. The van der Waals surface area contributed by atoms with Gasteiger partial charge in [0.2, 0.25) is 0 Å². The van der Waals surface area contributed by atoms with E-state index in [0.717, 1.165) is 42.0 Å². The Morgan fingerprint density at radius 2 is 2.41 bits per heavy atom. The molecule has 1 aromatic carbocycles. The molecule has 0 saturated carbocycles. The molecular formula is C14H17NO2. The number of aryl methyl sites for hydroxylation is 1. The Balaban J connectivity index is 1.81. The predicted octanol–water partition coefficient (Wildman–Crippen LogP) is 2.73. The number of hydrogen-bond acceptors (Lipinski definition) is 3. The van der Waals surface area contributed by atoms with Crippen LogP contribution in [-0.4, -0.2) is 19.7 Å². The molecule has 0 spiro atoms. The summed E-state index contributed by atoms with van der Waals surface area (Å²) in [7, 11) is 0. The molecule has 1 unspecified atom stereocenters. The van der Waals surface area contributed by atoms with Gasteiger partial charge in [-0.2, -0.15) is 0 Å². The Bertz CT molecular complexity index is 512. The lowest BCUT2D eigenvalue weighted by molar-refractivity contribution is 0.263. The van der Waals surface area contributed by atoms with Crippen molar-refractivity contribution in [1.82, 2.24) is 5.32 Å². The molecule has 0 amide bonds. The SMILES string of the molecule is Cc1coc2cccc(OCC3CCNC3)c12. The Hall–Kier alpha value is -1.48. The molecule has 3 heteroatoms. The fraction of sp³-hybridized carbons (Fsp3) is 0.429. The Kier molecular flexibility index (Phi) is 2.77. The molecule has 2 aromatic rings. The fourth-order valence-corrected chi connectivity index (χ4v) is 2.39. The number of ether oxygens (including phenoxy) is 1. The quantitative estimate of drug-likeness (QED) is 0.882. The summed E-state index contributed by atoms with van der Waals surface area (Å²) in [4.78, 5) is 0. The number of benzene rings is 1. The molecule has 1 aliphatic heterocycles. The van der Waals surface area contributed by atoms with E-state index in [-0.39, 0.29) is 0 Å². The van der Waals surface area contributed by atoms with Crippen LogP contribution < -0.4 is 10.1 Å². The van der Waals surface area contributed by atoms with Gasteiger partial charge in [0.1, 0.15) is 11.3 Å². The predicted molar refractivity (Wildman–Crippen MR) is 67.4 cm³/mol. The lowest BCUT2D eigenvalue weighted by atomic mass is 10.1. The summed E-state index contributed by atoms with van der Waals surface area (Å²) in [6.45, 7) is 5.02. The van der Waals surface area contributed by atoms with Crippen LogP contribution in [0.5, 0.6) is 5.75 Å². The average Bonchev–Trinajstić information content (AvgIpc) is 2.97. The first-order valence-electron chi connectivity index (χ1n) is 6.15. The van der Waals surface area contributed by atoms with Crippen LogP contribution in [0, 0.1) is 12.8 Å². The third kappa shape index (κ3) is 2.03. The normalized spacial score (nSPS) is 19.9. The number of rotatable bonds is 3. The van der Waals surface area contributed by atoms with Crippen LogP contribution in [0.15, 0.2) is 28.9 Å². The van der Waals surface area contributed by atoms with Crippen LogP contribution in [0.2, 0.25) is 0 Å². The largest absolute Gasteiger partial charge is 0.492 e. The fourth-order valence-electron chi connectivity index (χ4n) is 2.39. The molecular weight excluding hydrogens is 214 g/mol. The second kappa shape index (κ2) is 4.41. The summed E-state index contributed by atoms with van der Waals surface area (Å²) in [5.41, 5.74) is 2.05. The van der Waals surface area contributed by atoms with Crippen LogP contribution >= 0.6 is 0 Å². The molecule has 1 N–H and O–H groups in total. The first-order valence-corrected chi connectivity index (χ1v) is 6.15. The van der Waals surface area contributed by atoms with Crippen molar-refractivity contribution in [3.05, 3.63) is 30.0 Å². The number of nitrogens with one attached hydrogen (secondary N) is 1. The van der Waals surface area contributed by atoms with Crippen molar-refractivity contribution in [1.29, 1.82) is 0 Å². The van der Waals surface area contributed by atoms with Crippen molar-refractivity contribution in [3.8, 4) is 5.75 Å². The van der Waals surface area contributed by atoms with Gasteiger partial charge in [-0.05, 0) is 37.6 Å². The summed E-state index contributed by atoms with van der Waals surface area (Å²) in [5.74, 6) is 1.58. The Morgan fingerprint density at radius 3 is 3.24 bits per heavy atom. The zero-order valence-electron chi connectivity index (χ0n) is 10.0. The summed E-state index contributed by atoms with van der Waals surface area (Å²) in [5, 5.41) is 4.46. The Labute approximate surface area is 101 Å². The van der Waals surface area contributed by atoms with Crippen LogP contribution in [-0.2, 0) is 0 Å². The topological polar surface area (TPSA) is 34.4 Å². The van der Waals surface area contributed by atoms with Crippen LogP contribution in [0.4, 0.5) is 0 Å². The van der Waals surface area contributed by atoms with Gasteiger partial charge in [-0.3, -0.25) is 0 Å². The lowest BCUT2D eigenvalue weighted by Gasteiger charge is -2.11. The first-order chi connectivity index (χ1) is 8.34. The molecule has 3 rings (SSSR count). The highest BCUT2D eigenvalue weighted by Gasteiger charge is 2.16. The van der Waals surface area contributed by atoms with Gasteiger partial charge in [0.25, 0.3) is 0 Å². The molecule has 3 nitrogen and oxygen atoms in total. The molecule has 2 heterocycles. The molecule has 0 radical (unpaired) electrons. The van der Waals surface area contributed by atoms with E-state index in [4.69, 9.17) is 9.15 Å². The summed E-state index contributed by atoms with van der Waals surface area (Å²) in [6.07, 6.45) is 3.00. The maximum absolute atomic E-state index is 5.94. The van der Waals surface area contributed by atoms with Crippen molar-refractivity contribution in [2.24, 2.45) is 5.92 Å². The van der Waals surface area contributed by atoms with Gasteiger partial charge in [-0.25, -0.2) is 0 Å².